The Hall–Kier alpha value is -4.14. The normalized spacial score (nSPS) is 10.8. The zero-order valence-corrected chi connectivity index (χ0v) is 21.6. The van der Waals surface area contributed by atoms with Crippen LogP contribution in [-0.4, -0.2) is 42.8 Å². The maximum atomic E-state index is 15.1. The fraction of sp³-hybridized carbons (Fsp3) is 0.321. The summed E-state index contributed by atoms with van der Waals surface area (Å²) in [6.45, 7) is 3.79. The number of hydrogen-bond acceptors (Lipinski definition) is 8. The fourth-order valence-electron chi connectivity index (χ4n) is 3.97. The van der Waals surface area contributed by atoms with Crippen molar-refractivity contribution in [3.05, 3.63) is 71.7 Å². The molecule has 9 heteroatoms. The number of hydrogen-bond donors (Lipinski definition) is 1. The monoisotopic (exact) mass is 505 g/mol. The van der Waals surface area contributed by atoms with Gasteiger partial charge in [-0.05, 0) is 41.8 Å². The van der Waals surface area contributed by atoms with Crippen molar-refractivity contribution in [3.63, 3.8) is 0 Å². The maximum Gasteiger partial charge on any atom is 0.228 e. The molecule has 8 nitrogen and oxygen atoms in total. The molecule has 0 unspecified atom stereocenters. The zero-order valence-electron chi connectivity index (χ0n) is 21.6. The molecule has 0 radical (unpaired) electrons. The lowest BCUT2D eigenvalue weighted by Crippen LogP contribution is -2.25. The van der Waals surface area contributed by atoms with Crippen LogP contribution < -0.4 is 24.4 Å². The van der Waals surface area contributed by atoms with Crippen LogP contribution in [0.3, 0.4) is 0 Å². The van der Waals surface area contributed by atoms with Crippen LogP contribution >= 0.6 is 0 Å². The third-order valence-corrected chi connectivity index (χ3v) is 6.00. The third-order valence-electron chi connectivity index (χ3n) is 6.00. The summed E-state index contributed by atoms with van der Waals surface area (Å²) >= 11 is 0. The minimum Gasteiger partial charge on any atom is -0.497 e. The van der Waals surface area contributed by atoms with Gasteiger partial charge in [0, 0.05) is 19.6 Å². The molecule has 0 saturated carbocycles. The van der Waals surface area contributed by atoms with Gasteiger partial charge in [0.1, 0.15) is 28.2 Å². The first-order valence-electron chi connectivity index (χ1n) is 12.2. The first-order valence-corrected chi connectivity index (χ1v) is 12.2. The lowest BCUT2D eigenvalue weighted by molar-refractivity contribution is 0.402. The summed E-state index contributed by atoms with van der Waals surface area (Å²) in [7, 11) is 4.78. The second-order valence-electron chi connectivity index (χ2n) is 8.54. The number of fused-ring (bicyclic) bond motifs is 1. The largest absolute Gasteiger partial charge is 0.497 e. The molecular weight excluding hydrogens is 473 g/mol. The molecule has 0 aliphatic rings. The molecule has 0 aliphatic heterocycles. The van der Waals surface area contributed by atoms with E-state index >= 15 is 4.39 Å². The SMILES string of the molecule is CCCCNc1nc(N(Cc2ccc(OC)cc2)Cc2ccc(OC)cc2)nc2c(F)cnc(OC)c12. The van der Waals surface area contributed by atoms with Gasteiger partial charge in [0.2, 0.25) is 11.8 Å². The molecular formula is C28H32FN5O3. The highest BCUT2D eigenvalue weighted by Crippen LogP contribution is 2.33. The zero-order chi connectivity index (χ0) is 26.2. The van der Waals surface area contributed by atoms with Crippen molar-refractivity contribution >= 4 is 22.7 Å². The lowest BCUT2D eigenvalue weighted by atomic mass is 10.1. The van der Waals surface area contributed by atoms with Gasteiger partial charge in [-0.1, -0.05) is 37.6 Å². The third kappa shape index (κ3) is 6.17. The van der Waals surface area contributed by atoms with E-state index in [9.17, 15) is 0 Å². The number of anilines is 2. The van der Waals surface area contributed by atoms with Gasteiger partial charge in [0.15, 0.2) is 5.82 Å². The predicted octanol–water partition coefficient (Wildman–Crippen LogP) is 5.61. The molecule has 1 N–H and O–H groups in total. The van der Waals surface area contributed by atoms with Crippen molar-refractivity contribution in [2.45, 2.75) is 32.9 Å². The number of methoxy groups -OCH3 is 3. The number of nitrogens with one attached hydrogen (secondary N) is 1. The van der Waals surface area contributed by atoms with E-state index in [0.29, 0.717) is 36.8 Å². The van der Waals surface area contributed by atoms with Gasteiger partial charge in [0.25, 0.3) is 0 Å². The van der Waals surface area contributed by atoms with Gasteiger partial charge < -0.3 is 24.4 Å². The Balaban J connectivity index is 1.80. The Kier molecular flexibility index (Phi) is 8.56. The molecule has 0 spiro atoms. The smallest absolute Gasteiger partial charge is 0.228 e. The topological polar surface area (TPSA) is 81.6 Å². The van der Waals surface area contributed by atoms with Crippen LogP contribution in [0.15, 0.2) is 54.7 Å². The summed E-state index contributed by atoms with van der Waals surface area (Å²) in [4.78, 5) is 15.6. The van der Waals surface area contributed by atoms with Crippen molar-refractivity contribution in [1.82, 2.24) is 15.0 Å². The lowest BCUT2D eigenvalue weighted by Gasteiger charge is -2.25. The summed E-state index contributed by atoms with van der Waals surface area (Å²) in [5, 5.41) is 3.77. The number of pyridine rings is 1. The molecule has 0 fully saturated rings. The van der Waals surface area contributed by atoms with Gasteiger partial charge in [-0.2, -0.15) is 4.98 Å². The van der Waals surface area contributed by atoms with Crippen LogP contribution in [0.1, 0.15) is 30.9 Å². The molecule has 0 atom stereocenters. The summed E-state index contributed by atoms with van der Waals surface area (Å²) in [6, 6.07) is 15.6. The van der Waals surface area contributed by atoms with Gasteiger partial charge in [-0.15, -0.1) is 0 Å². The molecule has 194 valence electrons. The number of ether oxygens (including phenoxy) is 3. The first-order chi connectivity index (χ1) is 18.1. The number of aromatic nitrogens is 3. The van der Waals surface area contributed by atoms with E-state index in [-0.39, 0.29) is 11.4 Å². The minimum atomic E-state index is -0.535. The fourth-order valence-corrected chi connectivity index (χ4v) is 3.97. The van der Waals surface area contributed by atoms with E-state index in [2.05, 4.69) is 22.2 Å². The quantitative estimate of drug-likeness (QED) is 0.249. The number of unbranched alkanes of at least 4 members (excludes halogenated alkanes) is 1. The van der Waals surface area contributed by atoms with Crippen molar-refractivity contribution in [2.75, 3.05) is 38.1 Å². The summed E-state index contributed by atoms with van der Waals surface area (Å²) in [5.41, 5.74) is 2.22. The second-order valence-corrected chi connectivity index (χ2v) is 8.54. The summed E-state index contributed by atoms with van der Waals surface area (Å²) < 4.78 is 31.1. The van der Waals surface area contributed by atoms with Crippen molar-refractivity contribution < 1.29 is 18.6 Å². The van der Waals surface area contributed by atoms with Crippen LogP contribution in [0.25, 0.3) is 10.9 Å². The Bertz CT molecular complexity index is 1270. The Morgan fingerprint density at radius 2 is 1.43 bits per heavy atom. The van der Waals surface area contributed by atoms with Gasteiger partial charge in [-0.25, -0.2) is 14.4 Å². The standard InChI is InChI=1S/C28H32FN5O3/c1-5-6-15-30-26-24-25(23(29)16-31-27(24)37-4)32-28(33-26)34(17-19-7-11-21(35-2)12-8-19)18-20-9-13-22(36-3)14-10-20/h7-14,16H,5-6,15,17-18H2,1-4H3,(H,30,32,33). The number of halogens is 1. The van der Waals surface area contributed by atoms with E-state index < -0.39 is 5.82 Å². The van der Waals surface area contributed by atoms with E-state index in [0.717, 1.165) is 41.7 Å². The molecule has 0 amide bonds. The maximum absolute atomic E-state index is 15.1. The molecule has 37 heavy (non-hydrogen) atoms. The average molecular weight is 506 g/mol. The van der Waals surface area contributed by atoms with Crippen LogP contribution in [0.5, 0.6) is 17.4 Å². The average Bonchev–Trinajstić information content (AvgIpc) is 2.94. The Labute approximate surface area is 216 Å². The second kappa shape index (κ2) is 12.2. The van der Waals surface area contributed by atoms with Crippen LogP contribution in [0.4, 0.5) is 16.2 Å². The van der Waals surface area contributed by atoms with Crippen molar-refractivity contribution in [2.24, 2.45) is 0 Å². The van der Waals surface area contributed by atoms with Gasteiger partial charge in [-0.3, -0.25) is 0 Å². The molecule has 4 rings (SSSR count). The highest BCUT2D eigenvalue weighted by Gasteiger charge is 2.21. The molecule has 0 saturated heterocycles. The number of nitrogens with zero attached hydrogens (tertiary/aromatic N) is 4. The Morgan fingerprint density at radius 3 is 1.95 bits per heavy atom. The molecule has 2 aromatic heterocycles. The summed E-state index contributed by atoms with van der Waals surface area (Å²) in [5.74, 6) is 2.18. The van der Waals surface area contributed by atoms with Crippen LogP contribution in [0.2, 0.25) is 0 Å². The van der Waals surface area contributed by atoms with E-state index in [1.165, 1.54) is 7.11 Å². The van der Waals surface area contributed by atoms with E-state index in [1.54, 1.807) is 14.2 Å². The predicted molar refractivity (Wildman–Crippen MR) is 143 cm³/mol. The molecule has 2 aromatic carbocycles. The first kappa shape index (κ1) is 25.9. The molecule has 4 aromatic rings. The summed E-state index contributed by atoms with van der Waals surface area (Å²) in [6.07, 6.45) is 3.08. The van der Waals surface area contributed by atoms with E-state index in [4.69, 9.17) is 19.2 Å². The van der Waals surface area contributed by atoms with Crippen LogP contribution in [-0.2, 0) is 13.1 Å². The molecule has 0 bridgehead atoms. The van der Waals surface area contributed by atoms with Crippen molar-refractivity contribution in [1.29, 1.82) is 0 Å². The molecule has 2 heterocycles. The minimum absolute atomic E-state index is 0.158. The highest BCUT2D eigenvalue weighted by molar-refractivity contribution is 5.94. The number of rotatable bonds is 12. The van der Waals surface area contributed by atoms with Gasteiger partial charge >= 0.3 is 0 Å². The highest BCUT2D eigenvalue weighted by atomic mass is 19.1. The van der Waals surface area contributed by atoms with E-state index in [1.807, 2.05) is 53.4 Å². The Morgan fingerprint density at radius 1 is 0.838 bits per heavy atom. The van der Waals surface area contributed by atoms with Gasteiger partial charge in [0.05, 0.1) is 27.5 Å². The van der Waals surface area contributed by atoms with Crippen LogP contribution in [0, 0.1) is 5.82 Å². The van der Waals surface area contributed by atoms with Crippen molar-refractivity contribution in [3.8, 4) is 17.4 Å². The molecule has 0 aliphatic carbocycles. The number of benzene rings is 2.